The zero-order chi connectivity index (χ0) is 25.7. The zero-order valence-corrected chi connectivity index (χ0v) is 20.2. The number of amides is 2. The zero-order valence-electron chi connectivity index (χ0n) is 18.6. The molecule has 4 aromatic rings. The molecule has 36 heavy (non-hydrogen) atoms. The number of fused-ring (bicyclic) bond motifs is 1. The Kier molecular flexibility index (Phi) is 7.43. The standard InChI is InChI=1S/C23H21N5O6S2/c29-21(24-12-17(23(31)32)28-36(33,34)14-6-2-1-3-7-14)18-10-11-19(35-18)22(30)25-13-20-26-15-8-4-5-9-16(15)27-20/h1-11,17,28H,12-13H2,(H,24,29)(H,25,30)(H,26,27)(H,31,32). The number of aliphatic carboxylic acids is 1. The molecule has 2 heterocycles. The quantitative estimate of drug-likeness (QED) is 0.209. The molecule has 1 unspecified atom stereocenters. The fourth-order valence-corrected chi connectivity index (χ4v) is 5.29. The maximum Gasteiger partial charge on any atom is 0.323 e. The molecule has 186 valence electrons. The SMILES string of the molecule is O=C(NCc1nc2ccccc2[nH]1)c1ccc(C(=O)NCC(NS(=O)(=O)c2ccccc2)C(=O)O)s1. The Morgan fingerprint density at radius 2 is 1.56 bits per heavy atom. The Morgan fingerprint density at radius 3 is 2.22 bits per heavy atom. The molecule has 0 aliphatic heterocycles. The van der Waals surface area contributed by atoms with Crippen LogP contribution in [0.3, 0.4) is 0 Å². The van der Waals surface area contributed by atoms with Crippen LogP contribution in [0.1, 0.15) is 25.2 Å². The fourth-order valence-electron chi connectivity index (χ4n) is 3.24. The first-order valence-corrected chi connectivity index (χ1v) is 12.9. The van der Waals surface area contributed by atoms with Crippen molar-refractivity contribution in [3.63, 3.8) is 0 Å². The summed E-state index contributed by atoms with van der Waals surface area (Å²) in [5.41, 5.74) is 1.63. The Hall–Kier alpha value is -4.07. The number of sulfonamides is 1. The molecule has 0 saturated heterocycles. The van der Waals surface area contributed by atoms with Gasteiger partial charge >= 0.3 is 5.97 Å². The first-order chi connectivity index (χ1) is 17.2. The van der Waals surface area contributed by atoms with Crippen LogP contribution in [0.15, 0.2) is 71.6 Å². The van der Waals surface area contributed by atoms with Crippen LogP contribution in [0.25, 0.3) is 11.0 Å². The number of nitrogens with zero attached hydrogens (tertiary/aromatic N) is 1. The lowest BCUT2D eigenvalue weighted by molar-refractivity contribution is -0.138. The van der Waals surface area contributed by atoms with Crippen molar-refractivity contribution in [3.05, 3.63) is 82.3 Å². The molecule has 5 N–H and O–H groups in total. The third kappa shape index (κ3) is 5.94. The third-order valence-electron chi connectivity index (χ3n) is 5.02. The molecular weight excluding hydrogens is 506 g/mol. The van der Waals surface area contributed by atoms with Gasteiger partial charge in [0.25, 0.3) is 11.8 Å². The maximum atomic E-state index is 12.5. The number of imidazole rings is 1. The highest BCUT2D eigenvalue weighted by atomic mass is 32.2. The number of H-pyrrole nitrogens is 1. The van der Waals surface area contributed by atoms with Crippen molar-refractivity contribution in [1.29, 1.82) is 0 Å². The Balaban J connectivity index is 1.33. The number of para-hydroxylation sites is 2. The van der Waals surface area contributed by atoms with Crippen LogP contribution in [-0.4, -0.2) is 53.9 Å². The van der Waals surface area contributed by atoms with E-state index < -0.39 is 40.4 Å². The third-order valence-corrected chi connectivity index (χ3v) is 7.59. The summed E-state index contributed by atoms with van der Waals surface area (Å²) in [6.45, 7) is -0.333. The summed E-state index contributed by atoms with van der Waals surface area (Å²) in [4.78, 5) is 44.4. The number of aromatic amines is 1. The highest BCUT2D eigenvalue weighted by Crippen LogP contribution is 2.17. The molecule has 0 aliphatic rings. The smallest absolute Gasteiger partial charge is 0.323 e. The van der Waals surface area contributed by atoms with Crippen molar-refractivity contribution in [2.24, 2.45) is 0 Å². The van der Waals surface area contributed by atoms with Crippen molar-refractivity contribution in [1.82, 2.24) is 25.3 Å². The molecule has 0 spiro atoms. The van der Waals surface area contributed by atoms with E-state index in [1.54, 1.807) is 6.07 Å². The lowest BCUT2D eigenvalue weighted by Gasteiger charge is -2.15. The van der Waals surface area contributed by atoms with Gasteiger partial charge in [0.05, 0.1) is 32.2 Å². The molecule has 0 radical (unpaired) electrons. The van der Waals surface area contributed by atoms with E-state index in [0.717, 1.165) is 22.4 Å². The highest BCUT2D eigenvalue weighted by molar-refractivity contribution is 7.89. The van der Waals surface area contributed by atoms with Gasteiger partial charge in [-0.1, -0.05) is 30.3 Å². The van der Waals surface area contributed by atoms with Crippen molar-refractivity contribution in [3.8, 4) is 0 Å². The predicted molar refractivity (Wildman–Crippen MR) is 132 cm³/mol. The van der Waals surface area contributed by atoms with Crippen molar-refractivity contribution >= 4 is 50.2 Å². The van der Waals surface area contributed by atoms with Crippen LogP contribution in [0.5, 0.6) is 0 Å². The maximum absolute atomic E-state index is 12.5. The summed E-state index contributed by atoms with van der Waals surface area (Å²) in [5.74, 6) is -1.91. The van der Waals surface area contributed by atoms with Crippen LogP contribution < -0.4 is 15.4 Å². The minimum atomic E-state index is -4.10. The van der Waals surface area contributed by atoms with E-state index in [2.05, 4.69) is 25.3 Å². The number of aromatic nitrogens is 2. The normalized spacial score (nSPS) is 12.2. The summed E-state index contributed by atoms with van der Waals surface area (Å²) in [5, 5.41) is 14.5. The van der Waals surface area contributed by atoms with E-state index in [9.17, 15) is 27.9 Å². The van der Waals surface area contributed by atoms with E-state index in [1.807, 2.05) is 24.3 Å². The van der Waals surface area contributed by atoms with E-state index >= 15 is 0 Å². The molecule has 2 aromatic heterocycles. The minimum absolute atomic E-state index is 0.0980. The molecule has 4 rings (SSSR count). The van der Waals surface area contributed by atoms with Gasteiger partial charge in [0, 0.05) is 6.54 Å². The van der Waals surface area contributed by atoms with Gasteiger partial charge in [-0.2, -0.15) is 4.72 Å². The fraction of sp³-hybridized carbons (Fsp3) is 0.130. The van der Waals surface area contributed by atoms with Crippen LogP contribution >= 0.6 is 11.3 Å². The van der Waals surface area contributed by atoms with Gasteiger partial charge < -0.3 is 20.7 Å². The van der Waals surface area contributed by atoms with Gasteiger partial charge in [0.2, 0.25) is 10.0 Å². The Morgan fingerprint density at radius 1 is 0.917 bits per heavy atom. The molecular formula is C23H21N5O6S2. The minimum Gasteiger partial charge on any atom is -0.480 e. The number of carboxylic acid groups (broad SMARTS) is 1. The number of thiophene rings is 1. The van der Waals surface area contributed by atoms with E-state index in [4.69, 9.17) is 0 Å². The average molecular weight is 528 g/mol. The van der Waals surface area contributed by atoms with Crippen molar-refractivity contribution in [2.45, 2.75) is 17.5 Å². The van der Waals surface area contributed by atoms with Gasteiger partial charge in [0.15, 0.2) is 0 Å². The lowest BCUT2D eigenvalue weighted by atomic mass is 10.3. The number of benzene rings is 2. The number of carboxylic acids is 1. The molecule has 0 bridgehead atoms. The average Bonchev–Trinajstić information content (AvgIpc) is 3.53. The number of carbonyl (C=O) groups is 3. The van der Waals surface area contributed by atoms with Gasteiger partial charge in [0.1, 0.15) is 11.9 Å². The molecule has 0 saturated carbocycles. The number of nitrogens with one attached hydrogen (secondary N) is 4. The van der Waals surface area contributed by atoms with Gasteiger partial charge in [-0.25, -0.2) is 13.4 Å². The van der Waals surface area contributed by atoms with Crippen molar-refractivity contribution < 1.29 is 27.9 Å². The molecule has 1 atom stereocenters. The second-order valence-corrected chi connectivity index (χ2v) is 10.4. The summed E-state index contributed by atoms with van der Waals surface area (Å²) in [7, 11) is -4.10. The molecule has 13 heteroatoms. The first kappa shape index (κ1) is 25.0. The molecule has 2 amide bonds. The van der Waals surface area contributed by atoms with Crippen molar-refractivity contribution in [2.75, 3.05) is 6.54 Å². The highest BCUT2D eigenvalue weighted by Gasteiger charge is 2.26. The van der Waals surface area contributed by atoms with E-state index in [0.29, 0.717) is 5.82 Å². The van der Waals surface area contributed by atoms with E-state index in [1.165, 1.54) is 36.4 Å². The number of hydrogen-bond acceptors (Lipinski definition) is 7. The molecule has 0 fully saturated rings. The number of rotatable bonds is 10. The van der Waals surface area contributed by atoms with Gasteiger partial charge in [-0.15, -0.1) is 11.3 Å². The second kappa shape index (κ2) is 10.7. The number of hydrogen-bond donors (Lipinski definition) is 5. The van der Waals surface area contributed by atoms with Crippen LogP contribution in [0.4, 0.5) is 0 Å². The van der Waals surface area contributed by atoms with Crippen LogP contribution in [0, 0.1) is 0 Å². The molecule has 11 nitrogen and oxygen atoms in total. The van der Waals surface area contributed by atoms with Crippen LogP contribution in [0.2, 0.25) is 0 Å². The lowest BCUT2D eigenvalue weighted by Crippen LogP contribution is -2.48. The summed E-state index contributed by atoms with van der Waals surface area (Å²) in [6, 6.07) is 16.1. The van der Waals surface area contributed by atoms with Crippen LogP contribution in [-0.2, 0) is 21.4 Å². The Bertz CT molecular complexity index is 1480. The largest absolute Gasteiger partial charge is 0.480 e. The first-order valence-electron chi connectivity index (χ1n) is 10.6. The topological polar surface area (TPSA) is 170 Å². The Labute approximate surface area is 209 Å². The second-order valence-electron chi connectivity index (χ2n) is 7.58. The van der Waals surface area contributed by atoms with E-state index in [-0.39, 0.29) is 21.2 Å². The van der Waals surface area contributed by atoms with Gasteiger partial charge in [-0.05, 0) is 36.4 Å². The summed E-state index contributed by atoms with van der Waals surface area (Å²) < 4.78 is 26.9. The summed E-state index contributed by atoms with van der Waals surface area (Å²) >= 11 is 0.919. The van der Waals surface area contributed by atoms with Gasteiger partial charge in [-0.3, -0.25) is 14.4 Å². The molecule has 2 aromatic carbocycles. The molecule has 0 aliphatic carbocycles. The monoisotopic (exact) mass is 527 g/mol. The summed E-state index contributed by atoms with van der Waals surface area (Å²) in [6.07, 6.45) is 0. The number of carbonyl (C=O) groups excluding carboxylic acids is 2. The predicted octanol–water partition coefficient (Wildman–Crippen LogP) is 1.72.